The first kappa shape index (κ1) is 13.3. The van der Waals surface area contributed by atoms with E-state index in [1.54, 1.807) is 0 Å². The van der Waals surface area contributed by atoms with Gasteiger partial charge < -0.3 is 10.9 Å². The molecule has 0 spiro atoms. The van der Waals surface area contributed by atoms with Gasteiger partial charge in [-0.05, 0) is 12.1 Å². The first-order chi connectivity index (χ1) is 7.89. The third-order valence-corrected chi connectivity index (χ3v) is 3.63. The molecule has 3 N–H and O–H groups in total. The molecule has 1 aromatic rings. The molecule has 0 bridgehead atoms. The molecule has 1 heterocycles. The molecule has 9 heteroatoms. The number of rotatable bonds is 4. The van der Waals surface area contributed by atoms with Crippen LogP contribution in [-0.4, -0.2) is 42.3 Å². The summed E-state index contributed by atoms with van der Waals surface area (Å²) >= 11 is 0. The number of pyridine rings is 1. The normalized spacial score (nSPS) is 13.0. The molecular weight excluding hydrogens is 251 g/mol. The number of hydrogen-bond donors (Lipinski definition) is 2. The van der Waals surface area contributed by atoms with Crippen LogP contribution in [0.4, 0.5) is 4.39 Å². The zero-order chi connectivity index (χ0) is 13.1. The molecule has 0 amide bonds. The number of hydrogen-bond acceptors (Lipinski definition) is 5. The summed E-state index contributed by atoms with van der Waals surface area (Å²) in [5.74, 6) is -1.27. The number of nitrogens with two attached hydrogens (primary N) is 1. The second-order valence-corrected chi connectivity index (χ2v) is 5.10. The minimum Gasteiger partial charge on any atom is -0.409 e. The lowest BCUT2D eigenvalue weighted by Gasteiger charge is -2.15. The van der Waals surface area contributed by atoms with Crippen LogP contribution in [0.2, 0.25) is 0 Å². The van der Waals surface area contributed by atoms with Crippen LogP contribution in [0.25, 0.3) is 0 Å². The summed E-state index contributed by atoms with van der Waals surface area (Å²) in [5, 5.41) is 10.3. The topological polar surface area (TPSA) is 109 Å². The maximum atomic E-state index is 13.3. The van der Waals surface area contributed by atoms with E-state index >= 15 is 0 Å². The summed E-state index contributed by atoms with van der Waals surface area (Å²) in [4.78, 5) is 3.46. The van der Waals surface area contributed by atoms with Gasteiger partial charge in [-0.2, -0.15) is 4.31 Å². The average Bonchev–Trinajstić information content (AvgIpc) is 2.29. The van der Waals surface area contributed by atoms with Gasteiger partial charge in [0, 0.05) is 13.2 Å². The van der Waals surface area contributed by atoms with Gasteiger partial charge >= 0.3 is 0 Å². The highest BCUT2D eigenvalue weighted by molar-refractivity contribution is 7.89. The Kier molecular flexibility index (Phi) is 3.97. The molecule has 0 aliphatic heterocycles. The van der Waals surface area contributed by atoms with Crippen molar-refractivity contribution < 1.29 is 18.0 Å². The first-order valence-corrected chi connectivity index (χ1v) is 5.87. The van der Waals surface area contributed by atoms with E-state index in [0.717, 1.165) is 16.6 Å². The highest BCUT2D eigenvalue weighted by Gasteiger charge is 2.26. The Labute approximate surface area is 97.4 Å². The minimum atomic E-state index is -4.10. The Bertz CT molecular complexity index is 531. The van der Waals surface area contributed by atoms with Crippen LogP contribution in [0, 0.1) is 5.82 Å². The first-order valence-electron chi connectivity index (χ1n) is 4.43. The molecule has 0 aliphatic rings. The summed E-state index contributed by atoms with van der Waals surface area (Å²) < 4.78 is 37.7. The van der Waals surface area contributed by atoms with Crippen molar-refractivity contribution in [3.8, 4) is 0 Å². The Morgan fingerprint density at radius 2 is 2.35 bits per heavy atom. The lowest BCUT2D eigenvalue weighted by atomic mass is 10.5. The number of nitrogens with zero attached hydrogens (tertiary/aromatic N) is 3. The van der Waals surface area contributed by atoms with E-state index < -0.39 is 20.9 Å². The van der Waals surface area contributed by atoms with Crippen molar-refractivity contribution in [3.05, 3.63) is 24.1 Å². The molecule has 94 valence electrons. The SMILES string of the molecule is CN(C/C(N)=N/O)S(=O)(=O)c1ncccc1F. The van der Waals surface area contributed by atoms with Gasteiger partial charge in [0.25, 0.3) is 10.0 Å². The van der Waals surface area contributed by atoms with E-state index in [-0.39, 0.29) is 12.4 Å². The van der Waals surface area contributed by atoms with E-state index in [0.29, 0.717) is 0 Å². The standard InChI is InChI=1S/C8H11FN4O3S/c1-13(5-7(10)12-14)17(15,16)8-6(9)3-2-4-11-8/h2-4,14H,5H2,1H3,(H2,10,12). The fourth-order valence-electron chi connectivity index (χ4n) is 1.05. The fraction of sp³-hybridized carbons (Fsp3) is 0.250. The zero-order valence-electron chi connectivity index (χ0n) is 8.91. The Hall–Kier alpha value is -1.74. The summed E-state index contributed by atoms with van der Waals surface area (Å²) in [6.45, 7) is -0.366. The predicted octanol–water partition coefficient (Wildman–Crippen LogP) is -0.412. The molecule has 1 rings (SSSR count). The maximum Gasteiger partial charge on any atom is 0.263 e. The molecule has 0 aromatic carbocycles. The van der Waals surface area contributed by atoms with Crippen molar-refractivity contribution in [1.82, 2.24) is 9.29 Å². The molecule has 0 saturated carbocycles. The van der Waals surface area contributed by atoms with Gasteiger partial charge in [0.05, 0.1) is 6.54 Å². The number of amidine groups is 1. The molecule has 0 fully saturated rings. The molecule has 17 heavy (non-hydrogen) atoms. The van der Waals surface area contributed by atoms with Crippen molar-refractivity contribution in [1.29, 1.82) is 0 Å². The maximum absolute atomic E-state index is 13.3. The molecule has 0 aliphatic carbocycles. The van der Waals surface area contributed by atoms with E-state index in [1.807, 2.05) is 0 Å². The number of halogens is 1. The summed E-state index contributed by atoms with van der Waals surface area (Å²) in [6.07, 6.45) is 1.16. The Morgan fingerprint density at radius 3 is 2.88 bits per heavy atom. The van der Waals surface area contributed by atoms with Crippen LogP contribution in [0.3, 0.4) is 0 Å². The predicted molar refractivity (Wildman–Crippen MR) is 57.4 cm³/mol. The quantitative estimate of drug-likeness (QED) is 0.332. The van der Waals surface area contributed by atoms with Crippen LogP contribution in [0.15, 0.2) is 28.5 Å². The van der Waals surface area contributed by atoms with Crippen molar-refractivity contribution >= 4 is 15.9 Å². The van der Waals surface area contributed by atoms with Crippen molar-refractivity contribution in [2.75, 3.05) is 13.6 Å². The second kappa shape index (κ2) is 5.06. The van der Waals surface area contributed by atoms with Gasteiger partial charge in [0.1, 0.15) is 0 Å². The largest absolute Gasteiger partial charge is 0.409 e. The van der Waals surface area contributed by atoms with E-state index in [2.05, 4.69) is 10.1 Å². The highest BCUT2D eigenvalue weighted by Crippen LogP contribution is 2.14. The van der Waals surface area contributed by atoms with Gasteiger partial charge in [-0.3, -0.25) is 0 Å². The summed E-state index contributed by atoms with van der Waals surface area (Å²) in [6, 6.07) is 2.26. The molecule has 0 saturated heterocycles. The van der Waals surface area contributed by atoms with Crippen molar-refractivity contribution in [2.24, 2.45) is 10.9 Å². The van der Waals surface area contributed by atoms with Crippen LogP contribution < -0.4 is 5.73 Å². The van der Waals surface area contributed by atoms with Gasteiger partial charge in [-0.15, -0.1) is 0 Å². The third kappa shape index (κ3) is 2.88. The molecule has 1 aromatic heterocycles. The number of sulfonamides is 1. The van der Waals surface area contributed by atoms with Gasteiger partial charge in [0.2, 0.25) is 5.03 Å². The van der Waals surface area contributed by atoms with E-state index in [1.165, 1.54) is 13.1 Å². The Morgan fingerprint density at radius 1 is 1.71 bits per heavy atom. The summed E-state index contributed by atoms with van der Waals surface area (Å²) in [5.41, 5.74) is 5.17. The average molecular weight is 262 g/mol. The second-order valence-electron chi connectivity index (χ2n) is 3.14. The van der Waals surface area contributed by atoms with Crippen molar-refractivity contribution in [3.63, 3.8) is 0 Å². The minimum absolute atomic E-state index is 0.313. The molecule has 0 radical (unpaired) electrons. The fourth-order valence-corrected chi connectivity index (χ4v) is 2.16. The highest BCUT2D eigenvalue weighted by atomic mass is 32.2. The van der Waals surface area contributed by atoms with Gasteiger partial charge in [-0.1, -0.05) is 5.16 Å². The number of oxime groups is 1. The molecule has 0 unspecified atom stereocenters. The molecule has 7 nitrogen and oxygen atoms in total. The number of aromatic nitrogens is 1. The summed E-state index contributed by atoms with van der Waals surface area (Å²) in [7, 11) is -2.93. The zero-order valence-corrected chi connectivity index (χ0v) is 9.72. The third-order valence-electron chi connectivity index (χ3n) is 1.89. The van der Waals surface area contributed by atoms with Crippen molar-refractivity contribution in [2.45, 2.75) is 5.03 Å². The van der Waals surface area contributed by atoms with Crippen LogP contribution in [0.5, 0.6) is 0 Å². The van der Waals surface area contributed by atoms with Gasteiger partial charge in [0.15, 0.2) is 11.7 Å². The lowest BCUT2D eigenvalue weighted by molar-refractivity contribution is 0.315. The van der Waals surface area contributed by atoms with E-state index in [4.69, 9.17) is 10.9 Å². The van der Waals surface area contributed by atoms with Gasteiger partial charge in [-0.25, -0.2) is 17.8 Å². The molecule has 0 atom stereocenters. The van der Waals surface area contributed by atoms with Crippen LogP contribution in [-0.2, 0) is 10.0 Å². The lowest BCUT2D eigenvalue weighted by Crippen LogP contribution is -2.36. The van der Waals surface area contributed by atoms with Crippen LogP contribution >= 0.6 is 0 Å². The Balaban J connectivity index is 3.08. The number of likely N-dealkylation sites (N-methyl/N-ethyl adjacent to an activating group) is 1. The van der Waals surface area contributed by atoms with E-state index in [9.17, 15) is 12.8 Å². The molecular formula is C8H11FN4O3S. The van der Waals surface area contributed by atoms with Crippen LogP contribution in [0.1, 0.15) is 0 Å². The smallest absolute Gasteiger partial charge is 0.263 e. The monoisotopic (exact) mass is 262 g/mol.